The lowest BCUT2D eigenvalue weighted by Gasteiger charge is -2.15. The molecule has 0 fully saturated rings. The highest BCUT2D eigenvalue weighted by Gasteiger charge is 2.28. The summed E-state index contributed by atoms with van der Waals surface area (Å²) < 4.78 is 0. The first kappa shape index (κ1) is 58.6. The van der Waals surface area contributed by atoms with Crippen molar-refractivity contribution < 1.29 is 0 Å². The van der Waals surface area contributed by atoms with Gasteiger partial charge in [0.2, 0.25) is 0 Å². The number of benzene rings is 3. The number of fused-ring (bicyclic) bond motifs is 20. The molecule has 0 amide bonds. The Balaban J connectivity index is 1.19. The normalized spacial score (nSPS) is 13.0. The molecule has 16 bridgehead atoms. The molecule has 10 heterocycles. The molecule has 0 spiro atoms. The van der Waals surface area contributed by atoms with Crippen molar-refractivity contribution in [2.45, 2.75) is 188 Å². The van der Waals surface area contributed by atoms with Gasteiger partial charge in [0.1, 0.15) is 0 Å². The zero-order valence-electron chi connectivity index (χ0n) is 55.3. The molecule has 0 unspecified atom stereocenters. The summed E-state index contributed by atoms with van der Waals surface area (Å²) in [6.07, 6.45) is 11.0. The van der Waals surface area contributed by atoms with Gasteiger partial charge in [-0.05, 0) is 263 Å². The monoisotopic (exact) mass is 1160 g/mol. The number of aryl methyl sites for hydroxylation is 12. The summed E-state index contributed by atoms with van der Waals surface area (Å²) >= 11 is 0. The van der Waals surface area contributed by atoms with E-state index >= 15 is 0 Å². The molecule has 13 rings (SSSR count). The van der Waals surface area contributed by atoms with Crippen molar-refractivity contribution in [1.82, 2.24) is 39.9 Å². The van der Waals surface area contributed by atoms with Crippen LogP contribution in [0.25, 0.3) is 132 Å². The van der Waals surface area contributed by atoms with Gasteiger partial charge in [-0.1, -0.05) is 119 Å². The van der Waals surface area contributed by atoms with Crippen LogP contribution in [0.2, 0.25) is 0 Å². The number of nitrogens with one attached hydrogen (secondary N) is 6. The van der Waals surface area contributed by atoms with Gasteiger partial charge in [0.15, 0.2) is 0 Å². The number of allylic oxidation sites excluding steroid dienone is 4. The largest absolute Gasteiger partial charge is 0.354 e. The van der Waals surface area contributed by atoms with Gasteiger partial charge in [0.05, 0.1) is 55.9 Å². The minimum absolute atomic E-state index is 0.863. The van der Waals surface area contributed by atoms with Crippen LogP contribution in [0.4, 0.5) is 0 Å². The van der Waals surface area contributed by atoms with Crippen LogP contribution in [0.15, 0.2) is 72.8 Å². The molecule has 3 aromatic carbocycles. The summed E-state index contributed by atoms with van der Waals surface area (Å²) in [7, 11) is 0. The lowest BCUT2D eigenvalue weighted by molar-refractivity contribution is 1.07. The molecule has 0 atom stereocenters. The van der Waals surface area contributed by atoms with Crippen LogP contribution in [-0.4, -0.2) is 39.9 Å². The molecule has 8 heteroatoms. The molecule has 450 valence electrons. The number of aromatic nitrogens is 8. The zero-order chi connectivity index (χ0) is 61.7. The van der Waals surface area contributed by atoms with E-state index in [4.69, 9.17) is 9.97 Å². The van der Waals surface area contributed by atoms with Crippen LogP contribution in [0.5, 0.6) is 0 Å². The summed E-state index contributed by atoms with van der Waals surface area (Å²) in [5.41, 5.74) is 44.1. The summed E-state index contributed by atoms with van der Waals surface area (Å²) in [6.45, 7) is 37.0. The van der Waals surface area contributed by atoms with E-state index in [1.807, 2.05) is 0 Å². The van der Waals surface area contributed by atoms with E-state index < -0.39 is 0 Å². The average molecular weight is 1160 g/mol. The summed E-state index contributed by atoms with van der Waals surface area (Å²) in [6, 6.07) is 28.4. The van der Waals surface area contributed by atoms with E-state index in [9.17, 15) is 0 Å². The van der Waals surface area contributed by atoms with E-state index in [1.54, 1.807) is 0 Å². The number of hydrogen-bond donors (Lipinski definition) is 6. The Hall–Kier alpha value is -8.36. The van der Waals surface area contributed by atoms with Crippen LogP contribution in [0.1, 0.15) is 199 Å². The Bertz CT molecular complexity index is 4730. The average Bonchev–Trinajstić information content (AvgIpc) is 1.48. The highest BCUT2D eigenvalue weighted by Crippen LogP contribution is 2.48. The third kappa shape index (κ3) is 8.80. The number of hydrogen-bond acceptors (Lipinski definition) is 2. The smallest absolute Gasteiger partial charge is 0.0769 e. The van der Waals surface area contributed by atoms with Crippen molar-refractivity contribution in [1.29, 1.82) is 0 Å². The maximum absolute atomic E-state index is 5.89. The lowest BCUT2D eigenvalue weighted by atomic mass is 9.88. The van der Waals surface area contributed by atoms with Crippen molar-refractivity contribution in [3.63, 3.8) is 0 Å². The van der Waals surface area contributed by atoms with Crippen LogP contribution >= 0.6 is 0 Å². The van der Waals surface area contributed by atoms with Crippen molar-refractivity contribution in [3.8, 4) is 22.3 Å². The van der Waals surface area contributed by atoms with E-state index in [1.165, 1.54) is 144 Å². The highest BCUT2D eigenvalue weighted by atomic mass is 14.8. The first-order valence-corrected chi connectivity index (χ1v) is 33.6. The fraction of sp³-hybridized carbons (Fsp3) is 0.350. The van der Waals surface area contributed by atoms with Crippen LogP contribution in [-0.2, 0) is 64.2 Å². The molecule has 8 aromatic heterocycles. The molecule has 0 aliphatic carbocycles. The molecule has 6 N–H and O–H groups in total. The minimum Gasteiger partial charge on any atom is -0.354 e. The predicted octanol–water partition coefficient (Wildman–Crippen LogP) is 21.9. The summed E-state index contributed by atoms with van der Waals surface area (Å²) in [5.74, 6) is 0. The van der Waals surface area contributed by atoms with Gasteiger partial charge < -0.3 is 29.9 Å². The van der Waals surface area contributed by atoms with Gasteiger partial charge in [-0.15, -0.1) is 0 Å². The van der Waals surface area contributed by atoms with Crippen molar-refractivity contribution in [2.24, 2.45) is 0 Å². The molecular weight excluding hydrogens is 1070 g/mol. The first-order valence-electron chi connectivity index (χ1n) is 33.6. The van der Waals surface area contributed by atoms with E-state index in [-0.39, 0.29) is 0 Å². The summed E-state index contributed by atoms with van der Waals surface area (Å²) in [5, 5.41) is 4.75. The molecule has 8 nitrogen and oxygen atoms in total. The second-order valence-corrected chi connectivity index (χ2v) is 24.9. The molecule has 0 saturated carbocycles. The first-order chi connectivity index (χ1) is 42.8. The van der Waals surface area contributed by atoms with Gasteiger partial charge in [-0.25, -0.2) is 9.97 Å². The lowest BCUT2D eigenvalue weighted by Crippen LogP contribution is -1.93. The maximum atomic E-state index is 5.89. The molecule has 0 radical (unpaired) electrons. The van der Waals surface area contributed by atoms with Crippen molar-refractivity contribution >= 4 is 110 Å². The summed E-state index contributed by atoms with van der Waals surface area (Å²) in [4.78, 5) is 36.4. The number of H-pyrrole nitrogens is 6. The Morgan fingerprint density at radius 2 is 0.591 bits per heavy atom. The van der Waals surface area contributed by atoms with Crippen LogP contribution in [0, 0.1) is 13.8 Å². The number of rotatable bonds is 14. The molecule has 88 heavy (non-hydrogen) atoms. The van der Waals surface area contributed by atoms with Crippen molar-refractivity contribution in [3.05, 3.63) is 162 Å². The van der Waals surface area contributed by atoms with E-state index in [0.29, 0.717) is 0 Å². The molecule has 2 aliphatic heterocycles. The second-order valence-electron chi connectivity index (χ2n) is 24.9. The topological polar surface area (TPSA) is 121 Å². The van der Waals surface area contributed by atoms with E-state index in [0.717, 1.165) is 155 Å². The Kier molecular flexibility index (Phi) is 15.3. The molecule has 0 saturated heterocycles. The van der Waals surface area contributed by atoms with Gasteiger partial charge >= 0.3 is 0 Å². The third-order valence-electron chi connectivity index (χ3n) is 20.8. The number of aromatic amines is 6. The quantitative estimate of drug-likeness (QED) is 0.0608. The van der Waals surface area contributed by atoms with Gasteiger partial charge in [0.25, 0.3) is 0 Å². The predicted molar refractivity (Wildman–Crippen MR) is 381 cm³/mol. The fourth-order valence-electron chi connectivity index (χ4n) is 16.5. The Morgan fingerprint density at radius 1 is 0.295 bits per heavy atom. The minimum atomic E-state index is 0.863. The highest BCUT2D eigenvalue weighted by molar-refractivity contribution is 6.15. The Morgan fingerprint density at radius 3 is 0.898 bits per heavy atom. The van der Waals surface area contributed by atoms with Crippen LogP contribution in [0.3, 0.4) is 0 Å². The standard InChI is InChI=1S/C80H90N8/c1-17-47-41(13)73-71(74-42(14)48(18-2)64(82-74)38-68-52(22-6)56(26-10)78(86-68)77-55(25-9)51(21-5)67(85-77)37-63(47)81-73)59-33-29-31-45-35-46-32-30-34-60(62(46)36-61(45)59)72-75-43(15)49(19-3)65(83-75)39-69-53(23-7)57(27-11)79(87-69)80-58(28-12)54(24-8)70(88-80)40-66-50(20-4)44(16)76(72)84-66/h29-40,81,83,85-88H,17-28H2,1-16H3. The van der Waals surface area contributed by atoms with Gasteiger partial charge in [0, 0.05) is 44.2 Å². The number of nitrogens with zero attached hydrogens (tertiary/aromatic N) is 2. The molecular formula is C80H90N8. The molecule has 2 aliphatic rings. The maximum Gasteiger partial charge on any atom is 0.0769 e. The SMILES string of the molecule is CCC1=C(C)c2nc1cc1[nH]c(c(CC)c1CC)c1[nH]c(cc3[nH]c(c(C)c3CC)c2-c2cccc3cc4cccc(-c5c6nc(cc7[nH]c(c(CC)c7CC)c7[nH]c(cc8[nH]c5c(C)c8CC)c(CC)c7CC)C(CC)=C6C)c4cc23)c(CC)c1CC. The Labute approximate surface area is 519 Å². The fourth-order valence-corrected chi connectivity index (χ4v) is 16.5. The van der Waals surface area contributed by atoms with Crippen LogP contribution < -0.4 is 0 Å². The zero-order valence-corrected chi connectivity index (χ0v) is 55.3. The van der Waals surface area contributed by atoms with Crippen molar-refractivity contribution in [2.75, 3.05) is 0 Å². The van der Waals surface area contributed by atoms with E-state index in [2.05, 4.69) is 213 Å². The van der Waals surface area contributed by atoms with Gasteiger partial charge in [-0.3, -0.25) is 0 Å². The molecule has 11 aromatic rings. The second kappa shape index (κ2) is 23.0. The third-order valence-corrected chi connectivity index (χ3v) is 20.8. The van der Waals surface area contributed by atoms with Gasteiger partial charge in [-0.2, -0.15) is 0 Å².